The molecule has 1 aromatic heterocycles. The van der Waals surface area contributed by atoms with Crippen molar-refractivity contribution in [1.29, 1.82) is 0 Å². The Bertz CT molecular complexity index is 354. The minimum Gasteiger partial charge on any atom is -0.477 e. The van der Waals surface area contributed by atoms with Crippen molar-refractivity contribution >= 4 is 5.97 Å². The lowest BCUT2D eigenvalue weighted by Gasteiger charge is -2.04. The lowest BCUT2D eigenvalue weighted by molar-refractivity contribution is 0.0683. The Kier molecular flexibility index (Phi) is 2.28. The van der Waals surface area contributed by atoms with Gasteiger partial charge in [0, 0.05) is 12.6 Å². The van der Waals surface area contributed by atoms with Crippen molar-refractivity contribution in [3.05, 3.63) is 34.2 Å². The quantitative estimate of drug-likeness (QED) is 0.700. The maximum atomic E-state index is 11.1. The molecule has 0 aromatic carbocycles. The Morgan fingerprint density at radius 3 is 2.67 bits per heavy atom. The van der Waals surface area contributed by atoms with Crippen LogP contribution in [0.1, 0.15) is 17.4 Å². The number of carbonyl (C=O) groups is 1. The average Bonchev–Trinajstić information content (AvgIpc) is 2.03. The monoisotopic (exact) mass is 167 g/mol. The SMILES string of the molecule is CCn1c(C(=O)O)cccc1=O. The smallest absolute Gasteiger partial charge is 0.352 e. The van der Waals surface area contributed by atoms with E-state index in [2.05, 4.69) is 0 Å². The molecule has 0 aliphatic rings. The van der Waals surface area contributed by atoms with Crippen molar-refractivity contribution in [3.63, 3.8) is 0 Å². The molecular formula is C8H9NO3. The second kappa shape index (κ2) is 3.21. The molecule has 1 aromatic rings. The van der Waals surface area contributed by atoms with Crippen LogP contribution in [0.15, 0.2) is 23.0 Å². The zero-order chi connectivity index (χ0) is 9.14. The topological polar surface area (TPSA) is 59.3 Å². The molecule has 0 unspecified atom stereocenters. The Balaban J connectivity index is 3.38. The highest BCUT2D eigenvalue weighted by atomic mass is 16.4. The molecule has 0 amide bonds. The zero-order valence-electron chi connectivity index (χ0n) is 6.65. The van der Waals surface area contributed by atoms with Crippen LogP contribution in [0.4, 0.5) is 0 Å². The van der Waals surface area contributed by atoms with Crippen LogP contribution in [0.5, 0.6) is 0 Å². The Morgan fingerprint density at radius 2 is 2.25 bits per heavy atom. The molecule has 12 heavy (non-hydrogen) atoms. The molecule has 0 saturated heterocycles. The highest BCUT2D eigenvalue weighted by Gasteiger charge is 2.07. The van der Waals surface area contributed by atoms with E-state index in [4.69, 9.17) is 5.11 Å². The summed E-state index contributed by atoms with van der Waals surface area (Å²) in [4.78, 5) is 21.6. The second-order valence-electron chi connectivity index (χ2n) is 2.30. The van der Waals surface area contributed by atoms with Gasteiger partial charge in [0.15, 0.2) is 0 Å². The van der Waals surface area contributed by atoms with E-state index in [1.807, 2.05) is 0 Å². The van der Waals surface area contributed by atoms with E-state index in [1.165, 1.54) is 22.8 Å². The first-order valence-electron chi connectivity index (χ1n) is 3.60. The van der Waals surface area contributed by atoms with E-state index >= 15 is 0 Å². The molecule has 0 bridgehead atoms. The zero-order valence-corrected chi connectivity index (χ0v) is 6.65. The fraction of sp³-hybridized carbons (Fsp3) is 0.250. The van der Waals surface area contributed by atoms with E-state index in [0.29, 0.717) is 6.54 Å². The molecule has 0 radical (unpaired) electrons. The largest absolute Gasteiger partial charge is 0.477 e. The Labute approximate surface area is 69.1 Å². The predicted molar refractivity (Wildman–Crippen MR) is 43.3 cm³/mol. The molecule has 0 fully saturated rings. The van der Waals surface area contributed by atoms with Gasteiger partial charge in [-0.3, -0.25) is 4.79 Å². The van der Waals surface area contributed by atoms with Crippen LogP contribution in [-0.4, -0.2) is 15.6 Å². The first-order valence-corrected chi connectivity index (χ1v) is 3.60. The standard InChI is InChI=1S/C8H9NO3/c1-2-9-6(8(11)12)4-3-5-7(9)10/h3-5H,2H2,1H3,(H,11,12). The van der Waals surface area contributed by atoms with Crippen molar-refractivity contribution in [2.45, 2.75) is 13.5 Å². The van der Waals surface area contributed by atoms with Gasteiger partial charge in [-0.05, 0) is 13.0 Å². The number of hydrogen-bond acceptors (Lipinski definition) is 2. The summed E-state index contributed by atoms with van der Waals surface area (Å²) >= 11 is 0. The van der Waals surface area contributed by atoms with Gasteiger partial charge in [-0.2, -0.15) is 0 Å². The molecule has 0 aliphatic heterocycles. The summed E-state index contributed by atoms with van der Waals surface area (Å²) < 4.78 is 1.21. The summed E-state index contributed by atoms with van der Waals surface area (Å²) in [6.45, 7) is 2.11. The molecule has 1 rings (SSSR count). The lowest BCUT2D eigenvalue weighted by atomic mass is 10.3. The molecular weight excluding hydrogens is 158 g/mol. The van der Waals surface area contributed by atoms with E-state index < -0.39 is 5.97 Å². The minimum atomic E-state index is -1.07. The van der Waals surface area contributed by atoms with E-state index in [-0.39, 0.29) is 11.3 Å². The van der Waals surface area contributed by atoms with Crippen molar-refractivity contribution in [2.75, 3.05) is 0 Å². The fourth-order valence-corrected chi connectivity index (χ4v) is 1.03. The van der Waals surface area contributed by atoms with Crippen LogP contribution in [0.3, 0.4) is 0 Å². The molecule has 4 heteroatoms. The van der Waals surface area contributed by atoms with Gasteiger partial charge in [0.1, 0.15) is 5.69 Å². The number of carboxylic acids is 1. The van der Waals surface area contributed by atoms with Crippen molar-refractivity contribution in [3.8, 4) is 0 Å². The summed E-state index contributed by atoms with van der Waals surface area (Å²) in [5.74, 6) is -1.07. The molecule has 1 heterocycles. The van der Waals surface area contributed by atoms with Gasteiger partial charge < -0.3 is 9.67 Å². The van der Waals surface area contributed by atoms with Crippen LogP contribution >= 0.6 is 0 Å². The first-order chi connectivity index (χ1) is 5.66. The lowest BCUT2D eigenvalue weighted by Crippen LogP contribution is -2.23. The third kappa shape index (κ3) is 1.37. The fourth-order valence-electron chi connectivity index (χ4n) is 1.03. The van der Waals surface area contributed by atoms with Gasteiger partial charge in [-0.1, -0.05) is 6.07 Å². The van der Waals surface area contributed by atoms with Crippen molar-refractivity contribution in [1.82, 2.24) is 4.57 Å². The maximum absolute atomic E-state index is 11.1. The third-order valence-electron chi connectivity index (χ3n) is 1.59. The number of hydrogen-bond donors (Lipinski definition) is 1. The number of pyridine rings is 1. The van der Waals surface area contributed by atoms with Gasteiger partial charge in [0.25, 0.3) is 5.56 Å². The van der Waals surface area contributed by atoms with Crippen molar-refractivity contribution < 1.29 is 9.90 Å². The van der Waals surface area contributed by atoms with Gasteiger partial charge in [-0.25, -0.2) is 4.79 Å². The molecule has 0 atom stereocenters. The predicted octanol–water partition coefficient (Wildman–Crippen LogP) is 0.566. The molecule has 0 saturated carbocycles. The number of aromatic carboxylic acids is 1. The number of nitrogens with zero attached hydrogens (tertiary/aromatic N) is 1. The summed E-state index contributed by atoms with van der Waals surface area (Å²) in [6.07, 6.45) is 0. The molecule has 64 valence electrons. The molecule has 1 N–H and O–H groups in total. The highest BCUT2D eigenvalue weighted by Crippen LogP contribution is 1.95. The van der Waals surface area contributed by atoms with Crippen LogP contribution in [0, 0.1) is 0 Å². The second-order valence-corrected chi connectivity index (χ2v) is 2.30. The van der Waals surface area contributed by atoms with Crippen LogP contribution < -0.4 is 5.56 Å². The summed E-state index contributed by atoms with van der Waals surface area (Å²) in [5.41, 5.74) is -0.248. The molecule has 0 aliphatic carbocycles. The van der Waals surface area contributed by atoms with Crippen LogP contribution in [-0.2, 0) is 6.54 Å². The average molecular weight is 167 g/mol. The van der Waals surface area contributed by atoms with E-state index in [9.17, 15) is 9.59 Å². The van der Waals surface area contributed by atoms with Crippen molar-refractivity contribution in [2.24, 2.45) is 0 Å². The molecule has 0 spiro atoms. The first kappa shape index (κ1) is 8.52. The van der Waals surface area contributed by atoms with Gasteiger partial charge in [0.05, 0.1) is 0 Å². The van der Waals surface area contributed by atoms with Gasteiger partial charge in [0.2, 0.25) is 0 Å². The maximum Gasteiger partial charge on any atom is 0.352 e. The van der Waals surface area contributed by atoms with Gasteiger partial charge >= 0.3 is 5.97 Å². The third-order valence-corrected chi connectivity index (χ3v) is 1.59. The summed E-state index contributed by atoms with van der Waals surface area (Å²) in [6, 6.07) is 4.20. The van der Waals surface area contributed by atoms with E-state index in [0.717, 1.165) is 0 Å². The Hall–Kier alpha value is -1.58. The summed E-state index contributed by atoms with van der Waals surface area (Å²) in [5, 5.41) is 8.66. The minimum absolute atomic E-state index is 0.0324. The number of carboxylic acid groups (broad SMARTS) is 1. The highest BCUT2D eigenvalue weighted by molar-refractivity contribution is 5.85. The number of aromatic nitrogens is 1. The Morgan fingerprint density at radius 1 is 1.58 bits per heavy atom. The summed E-state index contributed by atoms with van der Waals surface area (Å²) in [7, 11) is 0. The molecule has 4 nitrogen and oxygen atoms in total. The van der Waals surface area contributed by atoms with Crippen LogP contribution in [0.25, 0.3) is 0 Å². The van der Waals surface area contributed by atoms with Gasteiger partial charge in [-0.15, -0.1) is 0 Å². The van der Waals surface area contributed by atoms with E-state index in [1.54, 1.807) is 6.92 Å². The van der Waals surface area contributed by atoms with Crippen LogP contribution in [0.2, 0.25) is 0 Å². The number of rotatable bonds is 2. The normalized spacial score (nSPS) is 9.75.